The fourth-order valence-corrected chi connectivity index (χ4v) is 18.8. The summed E-state index contributed by atoms with van der Waals surface area (Å²) in [7, 11) is 12.9. The smallest absolute Gasteiger partial charge is 0.253 e. The van der Waals surface area contributed by atoms with E-state index in [9.17, 15) is 67.1 Å². The summed E-state index contributed by atoms with van der Waals surface area (Å²) in [5.74, 6) is -4.98. The summed E-state index contributed by atoms with van der Waals surface area (Å²) >= 11 is 5.16. The molecular formula is C101H165ClN20O18. The van der Waals surface area contributed by atoms with E-state index in [1.165, 1.54) is 46.1 Å². The maximum Gasteiger partial charge on any atom is 0.253 e. The van der Waals surface area contributed by atoms with Gasteiger partial charge in [0.15, 0.2) is 11.6 Å². The van der Waals surface area contributed by atoms with Crippen molar-refractivity contribution >= 4 is 93.6 Å². The molecule has 2 aromatic carbocycles. The molecule has 39 heteroatoms. The van der Waals surface area contributed by atoms with Gasteiger partial charge in [0, 0.05) is 126 Å². The predicted molar refractivity (Wildman–Crippen MR) is 535 cm³/mol. The first-order chi connectivity index (χ1) is 65.2. The first-order valence-electron chi connectivity index (χ1n) is 48.3. The molecular weight excluding hydrogens is 1820 g/mol. The molecule has 4 aliphatic rings. The van der Waals surface area contributed by atoms with Gasteiger partial charge in [-0.25, -0.2) is 0 Å². The summed E-state index contributed by atoms with van der Waals surface area (Å²) in [5.41, 5.74) is 1.99. The Morgan fingerprint density at radius 2 is 0.829 bits per heavy atom. The molecule has 2 saturated heterocycles. The number of H-pyrrole nitrogens is 2. The number of carbonyl (C=O) groups is 14. The minimum Gasteiger partial charge on any atom is -0.379 e. The van der Waals surface area contributed by atoms with Crippen LogP contribution in [0.15, 0.2) is 85.0 Å². The van der Waals surface area contributed by atoms with E-state index in [-0.39, 0.29) is 166 Å². The molecule has 0 saturated carbocycles. The highest BCUT2D eigenvalue weighted by atomic mass is 35.5. The average molecular weight is 1980 g/mol. The van der Waals surface area contributed by atoms with Gasteiger partial charge in [0.2, 0.25) is 58.4 Å². The van der Waals surface area contributed by atoms with Crippen LogP contribution < -0.4 is 26.6 Å². The largest absolute Gasteiger partial charge is 0.379 e. The van der Waals surface area contributed by atoms with Gasteiger partial charge < -0.3 is 70.0 Å². The molecule has 8 rings (SSSR count). The van der Waals surface area contributed by atoms with Crippen LogP contribution in [0.4, 0.5) is 0 Å². The monoisotopic (exact) mass is 1980 g/mol. The average Bonchev–Trinajstić information content (AvgIpc) is 1.79. The van der Waals surface area contributed by atoms with Gasteiger partial charge >= 0.3 is 0 Å². The highest BCUT2D eigenvalue weighted by Crippen LogP contribution is 2.34. The maximum atomic E-state index is 14.6. The number of hydrogen-bond donors (Lipinski definition) is 7. The fraction of sp³-hybridized carbons (Fsp3) is 0.683. The van der Waals surface area contributed by atoms with E-state index in [0.29, 0.717) is 108 Å². The zero-order chi connectivity index (χ0) is 102. The summed E-state index contributed by atoms with van der Waals surface area (Å²) in [6.45, 7) is 28.5. The molecule has 0 aliphatic carbocycles. The Kier molecular flexibility index (Phi) is 54.6. The number of halogens is 1. The molecule has 2 aromatic heterocycles. The number of likely N-dealkylation sites (tertiary alicyclic amines) is 2. The first-order valence-corrected chi connectivity index (χ1v) is 48.7. The van der Waals surface area contributed by atoms with Crippen molar-refractivity contribution in [3.63, 3.8) is 0 Å². The highest BCUT2D eigenvalue weighted by molar-refractivity contribution is 6.63. The Labute approximate surface area is 835 Å². The number of nitrogens with one attached hydrogen (secondary N) is 7. The summed E-state index contributed by atoms with van der Waals surface area (Å²) < 4.78 is 24.1. The van der Waals surface area contributed by atoms with Crippen molar-refractivity contribution in [1.29, 1.82) is 0 Å². The lowest BCUT2D eigenvalue weighted by Gasteiger charge is -2.41. The lowest BCUT2D eigenvalue weighted by Crippen LogP contribution is -2.60. The zero-order valence-corrected chi connectivity index (χ0v) is 85.1. The first kappa shape index (κ1) is 123. The van der Waals surface area contributed by atoms with Crippen LogP contribution >= 0.6 is 11.6 Å². The second-order valence-corrected chi connectivity index (χ2v) is 38.1. The van der Waals surface area contributed by atoms with Gasteiger partial charge in [-0.3, -0.25) is 76.9 Å². The number of tetrazole rings is 2. The number of imide groups is 2. The second-order valence-electron chi connectivity index (χ2n) is 37.7. The van der Waals surface area contributed by atoms with E-state index < -0.39 is 96.5 Å². The van der Waals surface area contributed by atoms with Crippen molar-refractivity contribution in [2.75, 3.05) is 82.8 Å². The third-order valence-electron chi connectivity index (χ3n) is 26.8. The Bertz CT molecular complexity index is 4530. The van der Waals surface area contributed by atoms with Gasteiger partial charge in [-0.1, -0.05) is 216 Å². The van der Waals surface area contributed by atoms with E-state index in [2.05, 4.69) is 67.8 Å². The number of ether oxygens (including phenoxy) is 4. The van der Waals surface area contributed by atoms with Crippen LogP contribution in [-0.2, 0) is 98.9 Å². The number of amides is 13. The van der Waals surface area contributed by atoms with E-state index in [0.717, 1.165) is 30.4 Å². The van der Waals surface area contributed by atoms with Crippen LogP contribution in [0.1, 0.15) is 257 Å². The number of nitrogens with zero attached hydrogens (tertiary/aromatic N) is 13. The van der Waals surface area contributed by atoms with Crippen LogP contribution in [0.5, 0.6) is 0 Å². The van der Waals surface area contributed by atoms with Crippen molar-refractivity contribution in [2.45, 2.75) is 320 Å². The minimum atomic E-state index is -0.951. The molecule has 4 aliphatic heterocycles. The molecule has 0 radical (unpaired) electrons. The van der Waals surface area contributed by atoms with Crippen molar-refractivity contribution in [3.05, 3.63) is 108 Å². The number of benzene rings is 2. The van der Waals surface area contributed by atoms with E-state index in [1.54, 1.807) is 76.0 Å². The third-order valence-corrected chi connectivity index (χ3v) is 27.0. The van der Waals surface area contributed by atoms with Crippen LogP contribution in [-0.4, -0.2) is 313 Å². The summed E-state index contributed by atoms with van der Waals surface area (Å²) in [6.07, 6.45) is 12.0. The number of methoxy groups -OCH3 is 4. The van der Waals surface area contributed by atoms with Crippen molar-refractivity contribution in [2.24, 2.45) is 47.3 Å². The summed E-state index contributed by atoms with van der Waals surface area (Å²) in [4.78, 5) is 193. The van der Waals surface area contributed by atoms with Crippen LogP contribution in [0.2, 0.25) is 0 Å². The van der Waals surface area contributed by atoms with Crippen molar-refractivity contribution in [3.8, 4) is 0 Å². The lowest BCUT2D eigenvalue weighted by molar-refractivity contribution is -0.148. The SMILES string of the molecule is C.C.C.CC[C@H](C)[C@@H]([C@@H](CC(=O)N1CCC[C@H]1[C@H](OC)[C@@H](C)C(=O)N[C@@H](Cc1ccccc1)c1nn[nH]n1)OC)N(C)C(=O)[C@@H](NC(=O)C(C(C)C)N(C)C(=O)CCCCCN1C(=O)C=CC1=O)C(C)C.CC[C@H](C)[C@@H]([C@@H](CC(=O)N1CCC[C@H]1[C@H](OC)[C@@H](C)C(=O)N[C@@H](Cc1ccccc1)c1nn[nH]n1)OC)N(C)C(=O)[C@@H](NC(=O)C(NC)C(C)C)C(C)C.O=C(Cl)CCCCCN1C(=O)C=CC1=O. The van der Waals surface area contributed by atoms with Gasteiger partial charge in [-0.15, -0.1) is 20.4 Å². The summed E-state index contributed by atoms with van der Waals surface area (Å²) in [6, 6.07) is 13.6. The Balaban J connectivity index is 0.000000624. The predicted octanol–water partition coefficient (Wildman–Crippen LogP) is 9.68. The van der Waals surface area contributed by atoms with Gasteiger partial charge in [0.05, 0.1) is 91.4 Å². The second kappa shape index (κ2) is 61.9. The van der Waals surface area contributed by atoms with Crippen LogP contribution in [0, 0.1) is 47.3 Å². The number of likely N-dealkylation sites (N-methyl/N-ethyl adjacent to an activating group) is 4. The van der Waals surface area contributed by atoms with E-state index in [4.69, 9.17) is 30.5 Å². The highest BCUT2D eigenvalue weighted by Gasteiger charge is 2.47. The lowest BCUT2D eigenvalue weighted by atomic mass is 9.89. The molecule has 784 valence electrons. The van der Waals surface area contributed by atoms with Gasteiger partial charge in [0.1, 0.15) is 18.1 Å². The topological polar surface area (TPSA) is 468 Å². The fourth-order valence-electron chi connectivity index (χ4n) is 18.7. The van der Waals surface area contributed by atoms with Crippen molar-refractivity contribution in [1.82, 2.24) is 102 Å². The molecule has 38 nitrogen and oxygen atoms in total. The standard InChI is InChI=1S/C49H76N10O9.C39H65N9O6.C10H12ClNO3.3CH4/c1-12-32(6)44(57(9)49(66)42(30(2)3)51-48(65)43(31(4)5)56(8)38(60)23-17-14-18-26-59-39(61)24-25-40(59)62)37(67-10)29-41(63)58-27-19-22-36(58)45(68-11)33(7)47(64)50-35(46-52-54-55-53-46)28-34-20-15-13-16-21-34;1-12-25(6)34(47(9)39(52)33(24(4)5)42-38(51)32(40-8)23(2)3)30(53-10)22-31(49)48-20-16-19-29(48)35(54-11)26(7)37(50)41-28(36-43-45-46-44-36)21-27-17-14-13-15-18-27;11-8(13)4-2-1-3-7-12-9(14)5-6-10(12)15;;;/h13,15-16,20-21,24-25,30-33,35-37,42-45H,12,14,17-19,22-23,26-29H2,1-11H3,(H,50,64)(H,51,65)(H,52,53,54,55);13-15,17-18,23-26,28-30,32-35,40H,12,16,19-22H2,1-11H3,(H,41,50)(H,42,51)(H,43,44,45,46);5-6H,1-4,7H2;3*1H4/t32-,33+,35-,36-,37+,42-,43?,44-,45+;25-,26+,28-,29-,30+,32?,33-,34-,35+;;;;/m00..../s1. The minimum absolute atomic E-state index is 0. The van der Waals surface area contributed by atoms with Gasteiger partial charge in [-0.2, -0.15) is 10.4 Å². The third kappa shape index (κ3) is 35.5. The number of carbonyl (C=O) groups excluding carboxylic acids is 14. The quantitative estimate of drug-likeness (QED) is 0.0123. The molecule has 6 heterocycles. The molecule has 13 amide bonds. The molecule has 2 unspecified atom stereocenters. The molecule has 0 spiro atoms. The van der Waals surface area contributed by atoms with Crippen LogP contribution in [0.25, 0.3) is 0 Å². The molecule has 4 aromatic rings. The zero-order valence-electron chi connectivity index (χ0n) is 84.4. The molecule has 140 heavy (non-hydrogen) atoms. The number of aromatic nitrogens is 8. The Hall–Kier alpha value is -10.7. The molecule has 0 bridgehead atoms. The van der Waals surface area contributed by atoms with Gasteiger partial charge in [-0.05, 0) is 117 Å². The van der Waals surface area contributed by atoms with Crippen LogP contribution in [0.3, 0.4) is 0 Å². The van der Waals surface area contributed by atoms with Crippen molar-refractivity contribution < 1.29 is 86.1 Å². The molecule has 7 N–H and O–H groups in total. The number of aromatic amines is 2. The number of unbranched alkanes of at least 4 members (excludes halogenated alkanes) is 4. The Morgan fingerprint density at radius 1 is 0.464 bits per heavy atom. The number of hydrogen-bond acceptors (Lipinski definition) is 25. The Morgan fingerprint density at radius 3 is 1.14 bits per heavy atom. The molecule has 2 fully saturated rings. The maximum absolute atomic E-state index is 14.6. The van der Waals surface area contributed by atoms with Gasteiger partial charge in [0.25, 0.3) is 23.6 Å². The van der Waals surface area contributed by atoms with E-state index >= 15 is 0 Å². The van der Waals surface area contributed by atoms with E-state index in [1.807, 2.05) is 151 Å². The molecule has 18 atom stereocenters. The summed E-state index contributed by atoms with van der Waals surface area (Å²) in [5, 5.41) is 43.8. The number of rotatable bonds is 54. The normalized spacial score (nSPS) is 18.0.